The lowest BCUT2D eigenvalue weighted by Crippen LogP contribution is -2.79. The summed E-state index contributed by atoms with van der Waals surface area (Å²) in [5.74, 6) is 0.762. The van der Waals surface area contributed by atoms with Crippen molar-refractivity contribution >= 4 is 5.78 Å². The number of ketones is 1. The van der Waals surface area contributed by atoms with Crippen LogP contribution < -0.4 is 4.74 Å². The molecule has 2 heterocycles. The van der Waals surface area contributed by atoms with Gasteiger partial charge in [-0.25, -0.2) is 0 Å². The highest BCUT2D eigenvalue weighted by Crippen LogP contribution is 2.74. The number of carbonyl (C=O) groups excluding carboxylic acids is 1. The Hall–Kier alpha value is -1.85. The maximum absolute atomic E-state index is 12.7. The molecular formula is C22H25NO4. The summed E-state index contributed by atoms with van der Waals surface area (Å²) in [7, 11) is 3.89. The van der Waals surface area contributed by atoms with Crippen LogP contribution >= 0.6 is 0 Å². The first-order chi connectivity index (χ1) is 12.9. The Balaban J connectivity index is 1.73. The van der Waals surface area contributed by atoms with Crippen molar-refractivity contribution in [3.8, 4) is 11.5 Å². The van der Waals surface area contributed by atoms with Gasteiger partial charge in [-0.3, -0.25) is 4.79 Å². The monoisotopic (exact) mass is 367 g/mol. The molecule has 1 saturated heterocycles. The molecule has 5 nitrogen and oxygen atoms in total. The molecule has 5 heteroatoms. The van der Waals surface area contributed by atoms with Crippen LogP contribution in [0.3, 0.4) is 0 Å². The van der Waals surface area contributed by atoms with E-state index in [2.05, 4.69) is 30.2 Å². The van der Waals surface area contributed by atoms with E-state index in [1.165, 1.54) is 11.1 Å². The molecule has 3 unspecified atom stereocenters. The Morgan fingerprint density at radius 3 is 2.93 bits per heavy atom. The number of carbonyl (C=O) groups is 1. The Kier molecular flexibility index (Phi) is 2.74. The Bertz CT molecular complexity index is 925. The molecule has 0 aromatic heterocycles. The van der Waals surface area contributed by atoms with Gasteiger partial charge in [0.1, 0.15) is 17.5 Å². The first kappa shape index (κ1) is 16.1. The molecule has 1 saturated carbocycles. The van der Waals surface area contributed by atoms with Crippen LogP contribution in [0.1, 0.15) is 30.9 Å². The van der Waals surface area contributed by atoms with Gasteiger partial charge < -0.3 is 19.5 Å². The summed E-state index contributed by atoms with van der Waals surface area (Å²) >= 11 is 0. The number of fused-ring (bicyclic) bond motifs is 1. The second-order valence-corrected chi connectivity index (χ2v) is 9.17. The van der Waals surface area contributed by atoms with Crippen molar-refractivity contribution in [2.75, 3.05) is 20.7 Å². The summed E-state index contributed by atoms with van der Waals surface area (Å²) < 4.78 is 12.7. The zero-order chi connectivity index (χ0) is 18.8. The van der Waals surface area contributed by atoms with Gasteiger partial charge >= 0.3 is 0 Å². The van der Waals surface area contributed by atoms with Crippen LogP contribution in [-0.4, -0.2) is 54.2 Å². The van der Waals surface area contributed by atoms with Crippen LogP contribution in [0.5, 0.6) is 11.5 Å². The molecule has 4 aliphatic carbocycles. The van der Waals surface area contributed by atoms with E-state index >= 15 is 0 Å². The number of benzene rings is 1. The number of hydrogen-bond donors (Lipinski definition) is 1. The normalized spacial score (nSPS) is 45.5. The molecule has 142 valence electrons. The quantitative estimate of drug-likeness (QED) is 0.812. The summed E-state index contributed by atoms with van der Waals surface area (Å²) in [6.07, 6.45) is 6.85. The van der Waals surface area contributed by atoms with Gasteiger partial charge in [-0.15, -0.1) is 0 Å². The maximum Gasteiger partial charge on any atom is 0.165 e. The molecule has 0 radical (unpaired) electrons. The number of nitrogens with zero attached hydrogens (tertiary/aromatic N) is 1. The molecule has 0 amide bonds. The molecule has 2 fully saturated rings. The largest absolute Gasteiger partial charge is 0.504 e. The third kappa shape index (κ3) is 1.43. The molecule has 1 N–H and O–H groups in total. The van der Waals surface area contributed by atoms with E-state index in [0.717, 1.165) is 25.8 Å². The van der Waals surface area contributed by atoms with E-state index in [1.54, 1.807) is 20.1 Å². The summed E-state index contributed by atoms with van der Waals surface area (Å²) in [6.45, 7) is 2.66. The molecule has 2 spiro atoms. The molecule has 6 atom stereocenters. The average Bonchev–Trinajstić information content (AvgIpc) is 3.03. The smallest absolute Gasteiger partial charge is 0.165 e. The van der Waals surface area contributed by atoms with Crippen LogP contribution in [0.15, 0.2) is 24.3 Å². The van der Waals surface area contributed by atoms with Crippen molar-refractivity contribution in [2.45, 2.75) is 49.3 Å². The Labute approximate surface area is 158 Å². The van der Waals surface area contributed by atoms with Crippen molar-refractivity contribution in [2.24, 2.45) is 11.3 Å². The molecule has 2 aliphatic heterocycles. The minimum absolute atomic E-state index is 0.158. The third-order valence-electron chi connectivity index (χ3n) is 8.56. The number of ether oxygens (including phenoxy) is 2. The number of Topliss-reactive ketones (excluding diaryl/α,β-unsaturated/α-hetero) is 1. The average molecular weight is 367 g/mol. The van der Waals surface area contributed by atoms with Crippen molar-refractivity contribution in [1.82, 2.24) is 4.90 Å². The summed E-state index contributed by atoms with van der Waals surface area (Å²) in [4.78, 5) is 15.2. The standard InChI is InChI=1S/C22H25NO4/c1-12(24)14-11-20-6-7-22(14,26-3)19-21(20)8-9-23(2)16(20)10-13-4-5-15(25)18(27-19)17(13)21/h4-7,14,16,19,25H,8-11H2,1-3H3/t14-,16?,19+,20?,21+,22?/m1/s1. The van der Waals surface area contributed by atoms with E-state index in [0.29, 0.717) is 11.8 Å². The van der Waals surface area contributed by atoms with E-state index in [9.17, 15) is 9.90 Å². The van der Waals surface area contributed by atoms with Gasteiger partial charge in [-0.05, 0) is 51.4 Å². The van der Waals surface area contributed by atoms with Crippen LogP contribution in [0.2, 0.25) is 0 Å². The topological polar surface area (TPSA) is 59.0 Å². The third-order valence-corrected chi connectivity index (χ3v) is 8.56. The number of rotatable bonds is 2. The van der Waals surface area contributed by atoms with Gasteiger partial charge in [0.15, 0.2) is 11.5 Å². The van der Waals surface area contributed by atoms with Crippen molar-refractivity contribution < 1.29 is 19.4 Å². The zero-order valence-corrected chi connectivity index (χ0v) is 16.0. The van der Waals surface area contributed by atoms with Crippen LogP contribution in [0.4, 0.5) is 0 Å². The molecule has 1 aromatic rings. The fraction of sp³-hybridized carbons (Fsp3) is 0.591. The van der Waals surface area contributed by atoms with Crippen LogP contribution in [0, 0.1) is 11.3 Å². The highest BCUT2D eigenvalue weighted by Gasteiger charge is 2.79. The minimum Gasteiger partial charge on any atom is -0.504 e. The lowest BCUT2D eigenvalue weighted by atomic mass is 9.37. The molecule has 7 rings (SSSR count). The number of likely N-dealkylation sites (tertiary alicyclic amines) is 1. The highest BCUT2D eigenvalue weighted by atomic mass is 16.6. The number of likely N-dealkylation sites (N-methyl/N-ethyl adjacent to an activating group) is 1. The summed E-state index contributed by atoms with van der Waals surface area (Å²) in [5, 5.41) is 10.6. The number of piperidine rings is 1. The maximum atomic E-state index is 12.7. The SMILES string of the molecule is COC12C=CC3(C[C@@H]1C(C)=O)C1Cc4ccc(O)c5c4[C@@]3(CCN1C)[C@@H]2O5. The molecular weight excluding hydrogens is 342 g/mol. The Morgan fingerprint density at radius 1 is 1.37 bits per heavy atom. The lowest BCUT2D eigenvalue weighted by molar-refractivity contribution is -0.212. The van der Waals surface area contributed by atoms with Gasteiger partial charge in [-0.2, -0.15) is 0 Å². The first-order valence-electron chi connectivity index (χ1n) is 9.89. The van der Waals surface area contributed by atoms with Crippen molar-refractivity contribution in [1.29, 1.82) is 0 Å². The van der Waals surface area contributed by atoms with Gasteiger partial charge in [0, 0.05) is 24.1 Å². The summed E-state index contributed by atoms with van der Waals surface area (Å²) in [5.41, 5.74) is 1.30. The van der Waals surface area contributed by atoms with E-state index in [1.807, 2.05) is 0 Å². The minimum atomic E-state index is -0.770. The lowest BCUT2D eigenvalue weighted by Gasteiger charge is -2.70. The van der Waals surface area contributed by atoms with E-state index in [-0.39, 0.29) is 34.4 Å². The van der Waals surface area contributed by atoms with Crippen LogP contribution in [-0.2, 0) is 21.4 Å². The second-order valence-electron chi connectivity index (χ2n) is 9.17. The summed E-state index contributed by atoms with van der Waals surface area (Å²) in [6, 6.07) is 4.15. The fourth-order valence-corrected chi connectivity index (χ4v) is 7.52. The predicted octanol–water partition coefficient (Wildman–Crippen LogP) is 2.20. The number of phenolic OH excluding ortho intramolecular Hbond substituents is 1. The highest BCUT2D eigenvalue weighted by molar-refractivity contribution is 5.82. The number of hydrogen-bond acceptors (Lipinski definition) is 5. The second kappa shape index (κ2) is 4.58. The van der Waals surface area contributed by atoms with E-state index < -0.39 is 5.60 Å². The van der Waals surface area contributed by atoms with Crippen molar-refractivity contribution in [3.05, 3.63) is 35.4 Å². The number of aromatic hydroxyl groups is 1. The Morgan fingerprint density at radius 2 is 2.19 bits per heavy atom. The van der Waals surface area contributed by atoms with Gasteiger partial charge in [-0.1, -0.05) is 18.2 Å². The number of methoxy groups -OCH3 is 1. The molecule has 4 bridgehead atoms. The van der Waals surface area contributed by atoms with Gasteiger partial charge in [0.25, 0.3) is 0 Å². The van der Waals surface area contributed by atoms with Crippen LogP contribution in [0.25, 0.3) is 0 Å². The predicted molar refractivity (Wildman–Crippen MR) is 99.0 cm³/mol. The van der Waals surface area contributed by atoms with Crippen molar-refractivity contribution in [3.63, 3.8) is 0 Å². The van der Waals surface area contributed by atoms with Gasteiger partial charge in [0.2, 0.25) is 0 Å². The van der Waals surface area contributed by atoms with Gasteiger partial charge in [0.05, 0.1) is 11.3 Å². The molecule has 1 aromatic carbocycles. The molecule has 27 heavy (non-hydrogen) atoms. The number of phenols is 1. The molecule has 6 aliphatic rings. The van der Waals surface area contributed by atoms with E-state index in [4.69, 9.17) is 9.47 Å². The first-order valence-corrected chi connectivity index (χ1v) is 9.89. The zero-order valence-electron chi connectivity index (χ0n) is 16.0. The fourth-order valence-electron chi connectivity index (χ4n) is 7.52.